The number of carbonyl (C=O) groups is 3. The van der Waals surface area contributed by atoms with Gasteiger partial charge in [0.15, 0.2) is 0 Å². The van der Waals surface area contributed by atoms with E-state index in [0.29, 0.717) is 11.3 Å². The van der Waals surface area contributed by atoms with Crippen LogP contribution < -0.4 is 15.5 Å². The molecule has 140 valence electrons. The number of carbonyl (C=O) groups excluding carboxylic acids is 3. The molecule has 3 amide bonds. The number of rotatable bonds is 6. The van der Waals surface area contributed by atoms with Crippen molar-refractivity contribution in [1.29, 1.82) is 0 Å². The quantitative estimate of drug-likeness (QED) is 0.791. The number of hydrogen-bond donors (Lipinski definition) is 2. The van der Waals surface area contributed by atoms with Gasteiger partial charge in [-0.2, -0.15) is 0 Å². The zero-order valence-corrected chi connectivity index (χ0v) is 15.5. The summed E-state index contributed by atoms with van der Waals surface area (Å²) >= 11 is 1.42. The SMILES string of the molecule is COc1ccc(C2SCC(=O)N2NC(=O)CNC(=O)c2ccccc2)cc1. The summed E-state index contributed by atoms with van der Waals surface area (Å²) in [5.74, 6) is -0.0167. The average molecular weight is 385 g/mol. The van der Waals surface area contributed by atoms with E-state index in [9.17, 15) is 14.4 Å². The Morgan fingerprint density at radius 2 is 1.85 bits per heavy atom. The number of benzene rings is 2. The molecule has 0 radical (unpaired) electrons. The van der Waals surface area contributed by atoms with Crippen LogP contribution in [0.3, 0.4) is 0 Å². The highest BCUT2D eigenvalue weighted by Gasteiger charge is 2.34. The minimum absolute atomic E-state index is 0.191. The lowest BCUT2D eigenvalue weighted by Crippen LogP contribution is -2.48. The number of hydrazine groups is 1. The van der Waals surface area contributed by atoms with Gasteiger partial charge in [0, 0.05) is 5.56 Å². The Hall–Kier alpha value is -3.00. The molecule has 1 aliphatic rings. The van der Waals surface area contributed by atoms with Crippen LogP contribution in [0, 0.1) is 0 Å². The zero-order chi connectivity index (χ0) is 19.2. The van der Waals surface area contributed by atoms with Crippen molar-refractivity contribution < 1.29 is 19.1 Å². The van der Waals surface area contributed by atoms with Crippen molar-refractivity contribution in [3.05, 3.63) is 65.7 Å². The number of ether oxygens (including phenoxy) is 1. The fraction of sp³-hybridized carbons (Fsp3) is 0.211. The predicted octanol–water partition coefficient (Wildman–Crippen LogP) is 1.73. The lowest BCUT2D eigenvalue weighted by Gasteiger charge is -2.24. The predicted molar refractivity (Wildman–Crippen MR) is 102 cm³/mol. The monoisotopic (exact) mass is 385 g/mol. The Kier molecular flexibility index (Phi) is 5.97. The molecule has 1 unspecified atom stereocenters. The van der Waals surface area contributed by atoms with Crippen LogP contribution >= 0.6 is 11.8 Å². The smallest absolute Gasteiger partial charge is 0.258 e. The first-order chi connectivity index (χ1) is 13.1. The molecule has 1 aliphatic heterocycles. The highest BCUT2D eigenvalue weighted by molar-refractivity contribution is 8.00. The summed E-state index contributed by atoms with van der Waals surface area (Å²) in [6.45, 7) is -0.225. The molecule has 0 aliphatic carbocycles. The third-order valence-corrected chi connectivity index (χ3v) is 5.17. The molecule has 0 bridgehead atoms. The van der Waals surface area contributed by atoms with Gasteiger partial charge in [-0.05, 0) is 29.8 Å². The second-order valence-electron chi connectivity index (χ2n) is 5.78. The molecule has 8 heteroatoms. The highest BCUT2D eigenvalue weighted by atomic mass is 32.2. The summed E-state index contributed by atoms with van der Waals surface area (Å²) in [5, 5.41) is 3.53. The van der Waals surface area contributed by atoms with Crippen LogP contribution in [0.15, 0.2) is 54.6 Å². The fourth-order valence-electron chi connectivity index (χ4n) is 2.59. The van der Waals surface area contributed by atoms with E-state index in [2.05, 4.69) is 10.7 Å². The maximum atomic E-state index is 12.2. The summed E-state index contributed by atoms with van der Waals surface area (Å²) in [6, 6.07) is 15.9. The van der Waals surface area contributed by atoms with Gasteiger partial charge < -0.3 is 10.1 Å². The van der Waals surface area contributed by atoms with Crippen LogP contribution in [-0.2, 0) is 9.59 Å². The lowest BCUT2D eigenvalue weighted by atomic mass is 10.2. The molecule has 3 rings (SSSR count). The molecule has 7 nitrogen and oxygen atoms in total. The second kappa shape index (κ2) is 8.59. The number of hydrogen-bond acceptors (Lipinski definition) is 5. The van der Waals surface area contributed by atoms with Crippen molar-refractivity contribution in [1.82, 2.24) is 15.8 Å². The number of amides is 3. The van der Waals surface area contributed by atoms with Crippen molar-refractivity contribution >= 4 is 29.5 Å². The van der Waals surface area contributed by atoms with Gasteiger partial charge in [-0.15, -0.1) is 11.8 Å². The van der Waals surface area contributed by atoms with E-state index in [4.69, 9.17) is 4.74 Å². The van der Waals surface area contributed by atoms with Crippen molar-refractivity contribution in [2.24, 2.45) is 0 Å². The van der Waals surface area contributed by atoms with E-state index in [1.807, 2.05) is 12.1 Å². The van der Waals surface area contributed by atoms with Gasteiger partial charge in [0.2, 0.25) is 0 Å². The van der Waals surface area contributed by atoms with Gasteiger partial charge in [0.25, 0.3) is 17.7 Å². The maximum Gasteiger partial charge on any atom is 0.258 e. The molecule has 0 spiro atoms. The highest BCUT2D eigenvalue weighted by Crippen LogP contribution is 2.37. The first-order valence-corrected chi connectivity index (χ1v) is 9.33. The molecule has 1 atom stereocenters. The van der Waals surface area contributed by atoms with Crippen LogP contribution in [0.4, 0.5) is 0 Å². The molecule has 1 fully saturated rings. The average Bonchev–Trinajstić information content (AvgIpc) is 3.07. The van der Waals surface area contributed by atoms with Gasteiger partial charge in [0.05, 0.1) is 19.4 Å². The standard InChI is InChI=1S/C19H19N3O4S/c1-26-15-9-7-14(8-10-15)19-22(17(24)12-27-19)21-16(23)11-20-18(25)13-5-3-2-4-6-13/h2-10,19H,11-12H2,1H3,(H,20,25)(H,21,23). The lowest BCUT2D eigenvalue weighted by molar-refractivity contribution is -0.138. The van der Waals surface area contributed by atoms with Crippen molar-refractivity contribution in [2.45, 2.75) is 5.37 Å². The molecule has 27 heavy (non-hydrogen) atoms. The van der Waals surface area contributed by atoms with E-state index in [-0.39, 0.29) is 29.5 Å². The van der Waals surface area contributed by atoms with E-state index >= 15 is 0 Å². The third-order valence-electron chi connectivity index (χ3n) is 3.96. The van der Waals surface area contributed by atoms with Crippen molar-refractivity contribution in [2.75, 3.05) is 19.4 Å². The van der Waals surface area contributed by atoms with Gasteiger partial charge >= 0.3 is 0 Å². The summed E-state index contributed by atoms with van der Waals surface area (Å²) in [5.41, 5.74) is 3.93. The number of nitrogens with zero attached hydrogens (tertiary/aromatic N) is 1. The minimum Gasteiger partial charge on any atom is -0.497 e. The van der Waals surface area contributed by atoms with Crippen LogP contribution in [-0.4, -0.2) is 42.1 Å². The van der Waals surface area contributed by atoms with Gasteiger partial charge in [-0.1, -0.05) is 30.3 Å². The van der Waals surface area contributed by atoms with Crippen LogP contribution in [0.25, 0.3) is 0 Å². The normalized spacial score (nSPS) is 16.1. The number of thioether (sulfide) groups is 1. The number of methoxy groups -OCH3 is 1. The Balaban J connectivity index is 1.59. The summed E-state index contributed by atoms with van der Waals surface area (Å²) < 4.78 is 5.14. The summed E-state index contributed by atoms with van der Waals surface area (Å²) in [7, 11) is 1.58. The molecule has 1 saturated heterocycles. The molecule has 2 aromatic rings. The van der Waals surface area contributed by atoms with E-state index in [0.717, 1.165) is 5.56 Å². The molecule has 0 saturated carbocycles. The molecule has 1 heterocycles. The number of nitrogens with one attached hydrogen (secondary N) is 2. The molecular weight excluding hydrogens is 366 g/mol. The van der Waals surface area contributed by atoms with Crippen LogP contribution in [0.5, 0.6) is 5.75 Å². The Labute approximate surface area is 161 Å². The van der Waals surface area contributed by atoms with Crippen molar-refractivity contribution in [3.8, 4) is 5.75 Å². The summed E-state index contributed by atoms with van der Waals surface area (Å²) in [4.78, 5) is 36.4. The molecule has 2 N–H and O–H groups in total. The largest absolute Gasteiger partial charge is 0.497 e. The first-order valence-electron chi connectivity index (χ1n) is 8.29. The van der Waals surface area contributed by atoms with Crippen LogP contribution in [0.1, 0.15) is 21.3 Å². The fourth-order valence-corrected chi connectivity index (χ4v) is 3.69. The van der Waals surface area contributed by atoms with Gasteiger partial charge in [-0.25, -0.2) is 5.01 Å². The Morgan fingerprint density at radius 1 is 1.15 bits per heavy atom. The van der Waals surface area contributed by atoms with E-state index < -0.39 is 5.91 Å². The Morgan fingerprint density at radius 3 is 2.52 bits per heavy atom. The molecule has 2 aromatic carbocycles. The molecule has 0 aromatic heterocycles. The van der Waals surface area contributed by atoms with E-state index in [1.165, 1.54) is 16.8 Å². The van der Waals surface area contributed by atoms with Crippen LogP contribution in [0.2, 0.25) is 0 Å². The topological polar surface area (TPSA) is 87.7 Å². The van der Waals surface area contributed by atoms with E-state index in [1.54, 1.807) is 49.6 Å². The zero-order valence-electron chi connectivity index (χ0n) is 14.7. The summed E-state index contributed by atoms with van der Waals surface area (Å²) in [6.07, 6.45) is 0. The first kappa shape index (κ1) is 18.8. The van der Waals surface area contributed by atoms with Gasteiger partial charge in [-0.3, -0.25) is 19.8 Å². The minimum atomic E-state index is -0.464. The van der Waals surface area contributed by atoms with Gasteiger partial charge in [0.1, 0.15) is 11.1 Å². The maximum absolute atomic E-state index is 12.2. The second-order valence-corrected chi connectivity index (χ2v) is 6.85. The Bertz CT molecular complexity index is 827. The molecular formula is C19H19N3O4S. The van der Waals surface area contributed by atoms with Crippen molar-refractivity contribution in [3.63, 3.8) is 0 Å². The third kappa shape index (κ3) is 4.59.